The van der Waals surface area contributed by atoms with Crippen molar-refractivity contribution < 1.29 is 0 Å². The van der Waals surface area contributed by atoms with Crippen molar-refractivity contribution in [2.45, 2.75) is 26.8 Å². The van der Waals surface area contributed by atoms with E-state index in [-0.39, 0.29) is 0 Å². The van der Waals surface area contributed by atoms with Crippen LogP contribution in [0.3, 0.4) is 0 Å². The number of nitrogens with one attached hydrogen (secondary N) is 1. The van der Waals surface area contributed by atoms with Crippen LogP contribution in [-0.2, 0) is 13.0 Å². The Morgan fingerprint density at radius 1 is 1.37 bits per heavy atom. The second-order valence-corrected chi connectivity index (χ2v) is 5.27. The third-order valence-electron chi connectivity index (χ3n) is 2.87. The Morgan fingerprint density at radius 3 is 3.05 bits per heavy atom. The van der Waals surface area contributed by atoms with Crippen LogP contribution < -0.4 is 5.32 Å². The first-order valence-electron chi connectivity index (χ1n) is 6.25. The number of anilines is 1. The molecule has 1 N–H and O–H groups in total. The fourth-order valence-corrected chi connectivity index (χ4v) is 2.74. The third kappa shape index (κ3) is 2.44. The number of aryl methyl sites for hydroxylation is 2. The first kappa shape index (κ1) is 12.1. The van der Waals surface area contributed by atoms with Crippen molar-refractivity contribution in [3.8, 4) is 0 Å². The van der Waals surface area contributed by atoms with E-state index in [1.807, 2.05) is 19.1 Å². The monoisotopic (exact) mass is 273 g/mol. The maximum atomic E-state index is 4.54. The van der Waals surface area contributed by atoms with Crippen LogP contribution in [0.2, 0.25) is 0 Å². The van der Waals surface area contributed by atoms with Crippen molar-refractivity contribution >= 4 is 22.8 Å². The highest BCUT2D eigenvalue weighted by atomic mass is 32.1. The lowest BCUT2D eigenvalue weighted by Crippen LogP contribution is -2.06. The average molecular weight is 273 g/mol. The molecule has 0 aliphatic rings. The number of aromatic nitrogens is 4. The van der Waals surface area contributed by atoms with Gasteiger partial charge >= 0.3 is 0 Å². The second kappa shape index (κ2) is 4.97. The summed E-state index contributed by atoms with van der Waals surface area (Å²) in [7, 11) is 0. The molecule has 0 unspecified atom stereocenters. The molecule has 0 aromatic carbocycles. The summed E-state index contributed by atoms with van der Waals surface area (Å²) in [5, 5.41) is 10.8. The molecule has 5 nitrogen and oxygen atoms in total. The Bertz CT molecular complexity index is 700. The zero-order chi connectivity index (χ0) is 13.2. The fourth-order valence-electron chi connectivity index (χ4n) is 1.92. The molecule has 19 heavy (non-hydrogen) atoms. The summed E-state index contributed by atoms with van der Waals surface area (Å²) < 4.78 is 1.81. The molecule has 98 valence electrons. The normalized spacial score (nSPS) is 11.1. The zero-order valence-electron chi connectivity index (χ0n) is 10.9. The van der Waals surface area contributed by atoms with E-state index >= 15 is 0 Å². The van der Waals surface area contributed by atoms with Gasteiger partial charge in [0, 0.05) is 23.2 Å². The van der Waals surface area contributed by atoms with Crippen molar-refractivity contribution in [2.24, 2.45) is 0 Å². The predicted octanol–water partition coefficient (Wildman–Crippen LogP) is 2.67. The minimum Gasteiger partial charge on any atom is -0.363 e. The molecular weight excluding hydrogens is 258 g/mol. The number of thiazole rings is 1. The molecule has 0 bridgehead atoms. The summed E-state index contributed by atoms with van der Waals surface area (Å²) in [6.45, 7) is 4.81. The largest absolute Gasteiger partial charge is 0.363 e. The first-order valence-corrected chi connectivity index (χ1v) is 7.13. The first-order chi connectivity index (χ1) is 9.26. The van der Waals surface area contributed by atoms with Crippen molar-refractivity contribution in [2.75, 3.05) is 5.32 Å². The van der Waals surface area contributed by atoms with Gasteiger partial charge in [0.1, 0.15) is 10.8 Å². The molecule has 3 rings (SSSR count). The number of nitrogens with zero attached hydrogens (tertiary/aromatic N) is 4. The molecule has 0 saturated heterocycles. The molecule has 6 heteroatoms. The van der Waals surface area contributed by atoms with Crippen LogP contribution in [-0.4, -0.2) is 19.6 Å². The molecule has 0 saturated carbocycles. The van der Waals surface area contributed by atoms with Gasteiger partial charge < -0.3 is 5.32 Å². The average Bonchev–Trinajstić information content (AvgIpc) is 3.03. The minimum atomic E-state index is 0.711. The molecule has 0 spiro atoms. The van der Waals surface area contributed by atoms with Crippen LogP contribution in [0, 0.1) is 6.92 Å². The van der Waals surface area contributed by atoms with Gasteiger partial charge in [-0.3, -0.25) is 0 Å². The molecule has 0 fully saturated rings. The molecule has 0 amide bonds. The van der Waals surface area contributed by atoms with Gasteiger partial charge in [-0.15, -0.1) is 11.3 Å². The van der Waals surface area contributed by atoms with Gasteiger partial charge in [0.15, 0.2) is 5.65 Å². The standard InChI is InChI=1S/C13H15N5S/c1-3-10-8-19-13(17-10)7-14-12-6-9(2)16-11-4-5-15-18(11)12/h4-6,8,14H,3,7H2,1-2H3. The van der Waals surface area contributed by atoms with Crippen LogP contribution >= 0.6 is 11.3 Å². The summed E-state index contributed by atoms with van der Waals surface area (Å²) in [5.41, 5.74) is 2.98. The summed E-state index contributed by atoms with van der Waals surface area (Å²) in [5.74, 6) is 0.945. The van der Waals surface area contributed by atoms with Gasteiger partial charge in [0.25, 0.3) is 0 Å². The summed E-state index contributed by atoms with van der Waals surface area (Å²) >= 11 is 1.69. The highest BCUT2D eigenvalue weighted by molar-refractivity contribution is 7.09. The van der Waals surface area contributed by atoms with Crippen molar-refractivity contribution in [3.05, 3.63) is 40.1 Å². The highest BCUT2D eigenvalue weighted by Gasteiger charge is 2.05. The predicted molar refractivity (Wildman–Crippen MR) is 76.5 cm³/mol. The number of hydrogen-bond acceptors (Lipinski definition) is 5. The van der Waals surface area contributed by atoms with E-state index < -0.39 is 0 Å². The van der Waals surface area contributed by atoms with Crippen LogP contribution in [0.4, 0.5) is 5.82 Å². The lowest BCUT2D eigenvalue weighted by Gasteiger charge is -2.07. The smallest absolute Gasteiger partial charge is 0.157 e. The Kier molecular flexibility index (Phi) is 3.16. The number of rotatable bonds is 4. The molecule has 3 aromatic rings. The number of hydrogen-bond donors (Lipinski definition) is 1. The van der Waals surface area contributed by atoms with Crippen molar-refractivity contribution in [1.82, 2.24) is 19.6 Å². The minimum absolute atomic E-state index is 0.711. The van der Waals surface area contributed by atoms with Crippen LogP contribution in [0.25, 0.3) is 5.65 Å². The van der Waals surface area contributed by atoms with Gasteiger partial charge in [-0.2, -0.15) is 9.61 Å². The van der Waals surface area contributed by atoms with Gasteiger partial charge in [0.05, 0.1) is 18.4 Å². The van der Waals surface area contributed by atoms with Crippen LogP contribution in [0.5, 0.6) is 0 Å². The SMILES string of the molecule is CCc1csc(CNc2cc(C)nc3ccnn23)n1. The number of fused-ring (bicyclic) bond motifs is 1. The summed E-state index contributed by atoms with van der Waals surface area (Å²) in [6, 6.07) is 3.89. The topological polar surface area (TPSA) is 55.1 Å². The Labute approximate surface area is 115 Å². The highest BCUT2D eigenvalue weighted by Crippen LogP contribution is 2.15. The molecule has 3 aromatic heterocycles. The van der Waals surface area contributed by atoms with E-state index in [0.29, 0.717) is 6.54 Å². The van der Waals surface area contributed by atoms with Crippen LogP contribution in [0.15, 0.2) is 23.7 Å². The lowest BCUT2D eigenvalue weighted by atomic mass is 10.4. The molecule has 0 radical (unpaired) electrons. The zero-order valence-corrected chi connectivity index (χ0v) is 11.7. The van der Waals surface area contributed by atoms with E-state index in [0.717, 1.165) is 34.3 Å². The van der Waals surface area contributed by atoms with E-state index in [9.17, 15) is 0 Å². The second-order valence-electron chi connectivity index (χ2n) is 4.32. The summed E-state index contributed by atoms with van der Waals surface area (Å²) in [6.07, 6.45) is 2.74. The Balaban J connectivity index is 1.83. The van der Waals surface area contributed by atoms with E-state index in [1.54, 1.807) is 22.0 Å². The van der Waals surface area contributed by atoms with E-state index in [1.165, 1.54) is 0 Å². The van der Waals surface area contributed by atoms with Gasteiger partial charge in [-0.25, -0.2) is 9.97 Å². The molecular formula is C13H15N5S. The van der Waals surface area contributed by atoms with E-state index in [2.05, 4.69) is 32.7 Å². The van der Waals surface area contributed by atoms with Gasteiger partial charge in [0.2, 0.25) is 0 Å². The van der Waals surface area contributed by atoms with Crippen molar-refractivity contribution in [1.29, 1.82) is 0 Å². The maximum absolute atomic E-state index is 4.54. The van der Waals surface area contributed by atoms with Crippen LogP contribution in [0.1, 0.15) is 23.3 Å². The Morgan fingerprint density at radius 2 is 2.26 bits per heavy atom. The van der Waals surface area contributed by atoms with Gasteiger partial charge in [-0.05, 0) is 13.3 Å². The maximum Gasteiger partial charge on any atom is 0.157 e. The molecule has 0 atom stereocenters. The van der Waals surface area contributed by atoms with Gasteiger partial charge in [-0.1, -0.05) is 6.92 Å². The quantitative estimate of drug-likeness (QED) is 0.794. The van der Waals surface area contributed by atoms with Crippen molar-refractivity contribution in [3.63, 3.8) is 0 Å². The lowest BCUT2D eigenvalue weighted by molar-refractivity contribution is 0.911. The van der Waals surface area contributed by atoms with E-state index in [4.69, 9.17) is 0 Å². The third-order valence-corrected chi connectivity index (χ3v) is 3.77. The fraction of sp³-hybridized carbons (Fsp3) is 0.308. The summed E-state index contributed by atoms with van der Waals surface area (Å²) in [4.78, 5) is 8.96. The Hall–Kier alpha value is -1.95. The molecule has 0 aliphatic carbocycles. The molecule has 0 aliphatic heterocycles. The molecule has 3 heterocycles.